The lowest BCUT2D eigenvalue weighted by Crippen LogP contribution is -2.15. The molecule has 0 aliphatic rings. The van der Waals surface area contributed by atoms with Crippen LogP contribution in [-0.4, -0.2) is 18.6 Å². The van der Waals surface area contributed by atoms with Crippen LogP contribution in [0.3, 0.4) is 0 Å². The minimum atomic E-state index is 0.0673. The largest absolute Gasteiger partial charge is 0.484 e. The Balaban J connectivity index is 1.96. The number of hydrogen-bond acceptors (Lipinski definition) is 4. The zero-order valence-corrected chi connectivity index (χ0v) is 13.7. The first-order valence-electron chi connectivity index (χ1n) is 7.48. The van der Waals surface area contributed by atoms with Crippen molar-refractivity contribution < 1.29 is 4.74 Å². The van der Waals surface area contributed by atoms with Crippen LogP contribution >= 0.6 is 11.3 Å². The molecule has 0 fully saturated rings. The number of benzene rings is 1. The molecule has 1 atom stereocenters. The molecular formula is C18H20N2OS. The van der Waals surface area contributed by atoms with Gasteiger partial charge in [-0.2, -0.15) is 0 Å². The molecule has 2 heterocycles. The van der Waals surface area contributed by atoms with Gasteiger partial charge in [-0.1, -0.05) is 18.2 Å². The average Bonchev–Trinajstić information content (AvgIpc) is 3.06. The van der Waals surface area contributed by atoms with E-state index in [2.05, 4.69) is 33.9 Å². The summed E-state index contributed by atoms with van der Waals surface area (Å²) in [6, 6.07) is 12.4. The highest BCUT2D eigenvalue weighted by atomic mass is 32.1. The van der Waals surface area contributed by atoms with Crippen LogP contribution in [0.5, 0.6) is 5.75 Å². The molecule has 1 aromatic carbocycles. The number of aryl methyl sites for hydroxylation is 1. The molecule has 0 bridgehead atoms. The van der Waals surface area contributed by atoms with Gasteiger partial charge in [-0.3, -0.25) is 4.98 Å². The Hall–Kier alpha value is -1.91. The molecule has 0 saturated heterocycles. The predicted octanol–water partition coefficient (Wildman–Crippen LogP) is 4.33. The van der Waals surface area contributed by atoms with E-state index in [1.54, 1.807) is 11.3 Å². The van der Waals surface area contributed by atoms with E-state index in [9.17, 15) is 0 Å². The fourth-order valence-corrected chi connectivity index (χ4v) is 3.42. The molecule has 1 unspecified atom stereocenters. The quantitative estimate of drug-likeness (QED) is 0.735. The van der Waals surface area contributed by atoms with Crippen molar-refractivity contribution in [3.63, 3.8) is 0 Å². The van der Waals surface area contributed by atoms with Crippen molar-refractivity contribution in [2.75, 3.05) is 13.6 Å². The van der Waals surface area contributed by atoms with Crippen molar-refractivity contribution in [2.45, 2.75) is 19.4 Å². The molecular weight excluding hydrogens is 292 g/mol. The van der Waals surface area contributed by atoms with Crippen molar-refractivity contribution in [3.05, 3.63) is 58.5 Å². The van der Waals surface area contributed by atoms with E-state index in [1.807, 2.05) is 38.4 Å². The van der Waals surface area contributed by atoms with Gasteiger partial charge in [-0.05, 0) is 49.5 Å². The number of fused-ring (bicyclic) bond motifs is 1. The van der Waals surface area contributed by atoms with Crippen LogP contribution < -0.4 is 10.1 Å². The summed E-state index contributed by atoms with van der Waals surface area (Å²) in [5.74, 6) is 0.914. The van der Waals surface area contributed by atoms with Crippen LogP contribution in [0, 0.1) is 6.92 Å². The van der Waals surface area contributed by atoms with Crippen LogP contribution in [0.4, 0.5) is 0 Å². The maximum absolute atomic E-state index is 6.39. The van der Waals surface area contributed by atoms with Crippen molar-refractivity contribution in [1.29, 1.82) is 0 Å². The zero-order valence-electron chi connectivity index (χ0n) is 12.9. The van der Waals surface area contributed by atoms with E-state index < -0.39 is 0 Å². The van der Waals surface area contributed by atoms with Gasteiger partial charge in [0.25, 0.3) is 0 Å². The first-order chi connectivity index (χ1) is 10.8. The Morgan fingerprint density at radius 2 is 2.14 bits per heavy atom. The van der Waals surface area contributed by atoms with Crippen LogP contribution in [0.25, 0.3) is 10.8 Å². The summed E-state index contributed by atoms with van der Waals surface area (Å²) in [6.07, 6.45) is 2.85. The molecule has 3 aromatic rings. The normalized spacial score (nSPS) is 12.5. The summed E-state index contributed by atoms with van der Waals surface area (Å²) in [7, 11) is 1.97. The lowest BCUT2D eigenvalue weighted by molar-refractivity contribution is 0.201. The van der Waals surface area contributed by atoms with Crippen LogP contribution in [0.1, 0.15) is 23.1 Å². The third-order valence-corrected chi connectivity index (χ3v) is 4.69. The molecule has 3 rings (SSSR count). The second kappa shape index (κ2) is 6.90. The van der Waals surface area contributed by atoms with E-state index in [0.29, 0.717) is 0 Å². The molecule has 0 radical (unpaired) electrons. The van der Waals surface area contributed by atoms with Gasteiger partial charge in [0.2, 0.25) is 0 Å². The van der Waals surface area contributed by atoms with Gasteiger partial charge in [0.15, 0.2) is 0 Å². The molecule has 0 aliphatic heterocycles. The number of nitrogens with one attached hydrogen (secondary N) is 1. The predicted molar refractivity (Wildman–Crippen MR) is 92.7 cm³/mol. The Labute approximate surface area is 135 Å². The van der Waals surface area contributed by atoms with Crippen molar-refractivity contribution in [3.8, 4) is 5.75 Å². The molecule has 0 spiro atoms. The van der Waals surface area contributed by atoms with Gasteiger partial charge in [0.1, 0.15) is 11.9 Å². The van der Waals surface area contributed by atoms with E-state index in [0.717, 1.165) is 29.8 Å². The molecule has 2 aromatic heterocycles. The molecule has 0 aliphatic carbocycles. The third kappa shape index (κ3) is 3.13. The Kier molecular flexibility index (Phi) is 4.71. The topological polar surface area (TPSA) is 34.1 Å². The molecule has 3 nitrogen and oxygen atoms in total. The van der Waals surface area contributed by atoms with Gasteiger partial charge in [-0.25, -0.2) is 0 Å². The van der Waals surface area contributed by atoms with Gasteiger partial charge >= 0.3 is 0 Å². The number of thiophene rings is 1. The van der Waals surface area contributed by atoms with Crippen LogP contribution in [0.2, 0.25) is 0 Å². The monoisotopic (exact) mass is 312 g/mol. The number of rotatable bonds is 6. The Morgan fingerprint density at radius 1 is 1.23 bits per heavy atom. The summed E-state index contributed by atoms with van der Waals surface area (Å²) in [6.45, 7) is 2.95. The van der Waals surface area contributed by atoms with Crippen molar-refractivity contribution in [1.82, 2.24) is 10.3 Å². The fraction of sp³-hybridized carbons (Fsp3) is 0.278. The van der Waals surface area contributed by atoms with Crippen molar-refractivity contribution in [2.24, 2.45) is 0 Å². The highest BCUT2D eigenvalue weighted by Crippen LogP contribution is 2.33. The molecule has 22 heavy (non-hydrogen) atoms. The molecule has 4 heteroatoms. The van der Waals surface area contributed by atoms with Gasteiger partial charge in [0, 0.05) is 28.6 Å². The first-order valence-corrected chi connectivity index (χ1v) is 8.36. The van der Waals surface area contributed by atoms with E-state index in [4.69, 9.17) is 4.74 Å². The van der Waals surface area contributed by atoms with Crippen LogP contribution in [-0.2, 0) is 0 Å². The highest BCUT2D eigenvalue weighted by Gasteiger charge is 2.16. The molecule has 114 valence electrons. The zero-order chi connectivity index (χ0) is 15.4. The van der Waals surface area contributed by atoms with E-state index in [-0.39, 0.29) is 6.10 Å². The summed E-state index contributed by atoms with van der Waals surface area (Å²) in [4.78, 5) is 5.67. The second-order valence-corrected chi connectivity index (χ2v) is 6.24. The average molecular weight is 312 g/mol. The Bertz CT molecular complexity index is 735. The number of hydrogen-bond donors (Lipinski definition) is 1. The maximum atomic E-state index is 6.39. The van der Waals surface area contributed by atoms with Crippen molar-refractivity contribution >= 4 is 22.1 Å². The number of aromatic nitrogens is 1. The summed E-state index contributed by atoms with van der Waals surface area (Å²) in [5.41, 5.74) is 1.01. The number of nitrogens with zero attached hydrogens (tertiary/aromatic N) is 1. The van der Waals surface area contributed by atoms with Gasteiger partial charge in [-0.15, -0.1) is 11.3 Å². The lowest BCUT2D eigenvalue weighted by Gasteiger charge is -2.19. The summed E-state index contributed by atoms with van der Waals surface area (Å²) in [5, 5.41) is 7.58. The number of pyridine rings is 1. The molecule has 0 amide bonds. The minimum absolute atomic E-state index is 0.0673. The smallest absolute Gasteiger partial charge is 0.134 e. The molecule has 0 saturated carbocycles. The molecule has 1 N–H and O–H groups in total. The second-order valence-electron chi connectivity index (χ2n) is 5.26. The minimum Gasteiger partial charge on any atom is -0.484 e. The number of ether oxygens (including phenoxy) is 1. The Morgan fingerprint density at radius 3 is 2.91 bits per heavy atom. The van der Waals surface area contributed by atoms with Gasteiger partial charge in [0.05, 0.1) is 0 Å². The van der Waals surface area contributed by atoms with Crippen LogP contribution in [0.15, 0.2) is 48.0 Å². The highest BCUT2D eigenvalue weighted by molar-refractivity contribution is 7.10. The van der Waals surface area contributed by atoms with Gasteiger partial charge < -0.3 is 10.1 Å². The fourth-order valence-electron chi connectivity index (χ4n) is 2.63. The van der Waals surface area contributed by atoms with E-state index >= 15 is 0 Å². The first kappa shape index (κ1) is 15.0. The maximum Gasteiger partial charge on any atom is 0.134 e. The summed E-state index contributed by atoms with van der Waals surface area (Å²) >= 11 is 1.74. The lowest BCUT2D eigenvalue weighted by atomic mass is 10.1. The third-order valence-electron chi connectivity index (χ3n) is 3.73. The standard InChI is InChI=1S/C18H20N2OS/c1-13-18-14(8-11-20-13)5-3-6-16(18)21-15(9-10-19-2)17-7-4-12-22-17/h3-8,11-12,15,19H,9-10H2,1-2H3. The SMILES string of the molecule is CNCCC(Oc1cccc2ccnc(C)c12)c1cccs1. The van der Waals surface area contributed by atoms with E-state index in [1.165, 1.54) is 10.3 Å². The summed E-state index contributed by atoms with van der Waals surface area (Å²) < 4.78 is 6.39.